The Hall–Kier alpha value is -1.44. The van der Waals surface area contributed by atoms with E-state index in [1.165, 1.54) is 0 Å². The first-order chi connectivity index (χ1) is 8.20. The monoisotopic (exact) mass is 344 g/mol. The van der Waals surface area contributed by atoms with E-state index in [9.17, 15) is 4.79 Å². The smallest absolute Gasteiger partial charge is 0.397 e. The molecule has 0 bridgehead atoms. The normalized spacial score (nSPS) is 10.2. The molecule has 0 N–H and O–H groups in total. The number of nitrogens with zero attached hydrogens (tertiary/aromatic N) is 2. The van der Waals surface area contributed by atoms with Crippen molar-refractivity contribution in [2.45, 2.75) is 6.92 Å². The van der Waals surface area contributed by atoms with Gasteiger partial charge < -0.3 is 9.26 Å². The molecule has 0 radical (unpaired) electrons. The minimum absolute atomic E-state index is 0.124. The van der Waals surface area contributed by atoms with E-state index in [-0.39, 0.29) is 12.5 Å². The molecule has 17 heavy (non-hydrogen) atoms. The van der Waals surface area contributed by atoms with Crippen molar-refractivity contribution in [2.24, 2.45) is 0 Å². The Morgan fingerprint density at radius 1 is 1.53 bits per heavy atom. The highest BCUT2D eigenvalue weighted by atomic mass is 127. The maximum Gasteiger partial charge on any atom is 0.397 e. The number of esters is 1. The number of carbonyl (C=O) groups is 1. The van der Waals surface area contributed by atoms with Crippen LogP contribution in [0.1, 0.15) is 17.6 Å². The minimum Gasteiger partial charge on any atom is -0.459 e. The molecule has 1 aromatic carbocycles. The standard InChI is InChI=1S/C11H9IN2O3/c1-2-16-11(15)10-13-9(14-17-10)7-4-3-5-8(12)6-7/h3-6H,2H2,1H3. The van der Waals surface area contributed by atoms with Gasteiger partial charge in [-0.3, -0.25) is 0 Å². The van der Waals surface area contributed by atoms with E-state index >= 15 is 0 Å². The summed E-state index contributed by atoms with van der Waals surface area (Å²) >= 11 is 2.19. The maximum atomic E-state index is 11.3. The molecular formula is C11H9IN2O3. The number of carbonyl (C=O) groups excluding carboxylic acids is 1. The number of aromatic nitrogens is 2. The first-order valence-electron chi connectivity index (χ1n) is 4.97. The van der Waals surface area contributed by atoms with Gasteiger partial charge in [-0.25, -0.2) is 4.79 Å². The number of rotatable bonds is 3. The molecular weight excluding hydrogens is 335 g/mol. The number of hydrogen-bond donors (Lipinski definition) is 0. The predicted molar refractivity (Wildman–Crippen MR) is 68.4 cm³/mol. The molecule has 6 heteroatoms. The summed E-state index contributed by atoms with van der Waals surface area (Å²) in [6.07, 6.45) is 0. The van der Waals surface area contributed by atoms with Gasteiger partial charge in [0.1, 0.15) is 0 Å². The van der Waals surface area contributed by atoms with Crippen LogP contribution in [0.2, 0.25) is 0 Å². The number of hydrogen-bond acceptors (Lipinski definition) is 5. The Bertz CT molecular complexity index is 539. The van der Waals surface area contributed by atoms with E-state index in [1.807, 2.05) is 24.3 Å². The van der Waals surface area contributed by atoms with Crippen LogP contribution in [0.5, 0.6) is 0 Å². The molecule has 0 saturated carbocycles. The molecule has 1 aromatic heterocycles. The van der Waals surface area contributed by atoms with Gasteiger partial charge in [0.2, 0.25) is 5.82 Å². The summed E-state index contributed by atoms with van der Waals surface area (Å²) in [6, 6.07) is 7.59. The van der Waals surface area contributed by atoms with Gasteiger partial charge in [-0.1, -0.05) is 17.3 Å². The minimum atomic E-state index is -0.600. The molecule has 0 aliphatic rings. The predicted octanol–water partition coefficient (Wildman–Crippen LogP) is 2.52. The third-order valence-corrected chi connectivity index (χ3v) is 2.63. The second kappa shape index (κ2) is 5.26. The Kier molecular flexibility index (Phi) is 3.72. The zero-order valence-electron chi connectivity index (χ0n) is 9.01. The maximum absolute atomic E-state index is 11.3. The number of ether oxygens (including phenoxy) is 1. The fourth-order valence-electron chi connectivity index (χ4n) is 1.24. The van der Waals surface area contributed by atoms with Crippen molar-refractivity contribution in [1.82, 2.24) is 10.1 Å². The zero-order valence-corrected chi connectivity index (χ0v) is 11.2. The Morgan fingerprint density at radius 2 is 2.35 bits per heavy atom. The first kappa shape index (κ1) is 12.0. The molecule has 1 heterocycles. The van der Waals surface area contributed by atoms with Crippen molar-refractivity contribution < 1.29 is 14.1 Å². The van der Waals surface area contributed by atoms with Crippen LogP contribution in [0.3, 0.4) is 0 Å². The van der Waals surface area contributed by atoms with Crippen LogP contribution in [0, 0.1) is 3.57 Å². The average molecular weight is 344 g/mol. The van der Waals surface area contributed by atoms with E-state index in [2.05, 4.69) is 32.7 Å². The van der Waals surface area contributed by atoms with Crippen molar-refractivity contribution in [3.8, 4) is 11.4 Å². The molecule has 88 valence electrons. The fraction of sp³-hybridized carbons (Fsp3) is 0.182. The SMILES string of the molecule is CCOC(=O)c1nc(-c2cccc(I)c2)no1. The Labute approximate surface area is 111 Å². The number of halogens is 1. The molecule has 0 spiro atoms. The molecule has 2 aromatic rings. The Balaban J connectivity index is 2.27. The van der Waals surface area contributed by atoms with Gasteiger partial charge in [-0.05, 0) is 41.6 Å². The molecule has 0 saturated heterocycles. The molecule has 0 fully saturated rings. The summed E-state index contributed by atoms with van der Waals surface area (Å²) in [5, 5.41) is 3.74. The van der Waals surface area contributed by atoms with Gasteiger partial charge in [0.15, 0.2) is 0 Å². The highest BCUT2D eigenvalue weighted by Gasteiger charge is 2.16. The lowest BCUT2D eigenvalue weighted by molar-refractivity contribution is 0.0470. The summed E-state index contributed by atoms with van der Waals surface area (Å²) in [5.41, 5.74) is 0.802. The van der Waals surface area contributed by atoms with Crippen LogP contribution >= 0.6 is 22.6 Å². The number of benzene rings is 1. The molecule has 0 amide bonds. The van der Waals surface area contributed by atoms with Gasteiger partial charge in [0.25, 0.3) is 0 Å². The summed E-state index contributed by atoms with van der Waals surface area (Å²) in [4.78, 5) is 15.3. The van der Waals surface area contributed by atoms with Crippen molar-refractivity contribution in [3.05, 3.63) is 33.7 Å². The third kappa shape index (κ3) is 2.82. The summed E-state index contributed by atoms with van der Waals surface area (Å²) in [6.45, 7) is 1.99. The average Bonchev–Trinajstić information content (AvgIpc) is 2.78. The van der Waals surface area contributed by atoms with Crippen LogP contribution in [-0.2, 0) is 4.74 Å². The van der Waals surface area contributed by atoms with Gasteiger partial charge in [0, 0.05) is 9.13 Å². The van der Waals surface area contributed by atoms with Gasteiger partial charge in [-0.15, -0.1) is 0 Å². The van der Waals surface area contributed by atoms with Gasteiger partial charge >= 0.3 is 11.9 Å². The van der Waals surface area contributed by atoms with Crippen molar-refractivity contribution >= 4 is 28.6 Å². The second-order valence-corrected chi connectivity index (χ2v) is 4.40. The summed E-state index contributed by atoms with van der Waals surface area (Å²) in [5.74, 6) is -0.343. The van der Waals surface area contributed by atoms with Crippen LogP contribution in [0.4, 0.5) is 0 Å². The lowest BCUT2D eigenvalue weighted by Gasteiger charge is -1.94. The summed E-state index contributed by atoms with van der Waals surface area (Å²) < 4.78 is 10.7. The molecule has 0 unspecified atom stereocenters. The molecule has 5 nitrogen and oxygen atoms in total. The lowest BCUT2D eigenvalue weighted by atomic mass is 10.2. The molecule has 2 rings (SSSR count). The Morgan fingerprint density at radius 3 is 3.06 bits per heavy atom. The third-order valence-electron chi connectivity index (χ3n) is 1.96. The summed E-state index contributed by atoms with van der Waals surface area (Å²) in [7, 11) is 0. The van der Waals surface area contributed by atoms with Crippen molar-refractivity contribution in [3.63, 3.8) is 0 Å². The highest BCUT2D eigenvalue weighted by molar-refractivity contribution is 14.1. The molecule has 0 aliphatic heterocycles. The first-order valence-corrected chi connectivity index (χ1v) is 6.05. The highest BCUT2D eigenvalue weighted by Crippen LogP contribution is 2.18. The van der Waals surface area contributed by atoms with E-state index < -0.39 is 5.97 Å². The molecule has 0 atom stereocenters. The van der Waals surface area contributed by atoms with E-state index in [1.54, 1.807) is 6.92 Å². The van der Waals surface area contributed by atoms with Crippen LogP contribution in [0.25, 0.3) is 11.4 Å². The van der Waals surface area contributed by atoms with Crippen LogP contribution in [0.15, 0.2) is 28.8 Å². The van der Waals surface area contributed by atoms with Gasteiger partial charge in [-0.2, -0.15) is 4.98 Å². The lowest BCUT2D eigenvalue weighted by Crippen LogP contribution is -2.04. The molecule has 0 aliphatic carbocycles. The zero-order chi connectivity index (χ0) is 12.3. The van der Waals surface area contributed by atoms with E-state index in [0.29, 0.717) is 5.82 Å². The largest absolute Gasteiger partial charge is 0.459 e. The van der Waals surface area contributed by atoms with E-state index in [4.69, 9.17) is 9.26 Å². The van der Waals surface area contributed by atoms with E-state index in [0.717, 1.165) is 9.13 Å². The van der Waals surface area contributed by atoms with Crippen molar-refractivity contribution in [1.29, 1.82) is 0 Å². The van der Waals surface area contributed by atoms with Gasteiger partial charge in [0.05, 0.1) is 6.61 Å². The topological polar surface area (TPSA) is 65.2 Å². The fourth-order valence-corrected chi connectivity index (χ4v) is 1.79. The van der Waals surface area contributed by atoms with Crippen LogP contribution < -0.4 is 0 Å². The second-order valence-electron chi connectivity index (χ2n) is 3.15. The van der Waals surface area contributed by atoms with Crippen molar-refractivity contribution in [2.75, 3.05) is 6.61 Å². The van der Waals surface area contributed by atoms with Crippen LogP contribution in [-0.4, -0.2) is 22.7 Å². The quantitative estimate of drug-likeness (QED) is 0.632.